The van der Waals surface area contributed by atoms with E-state index in [1.807, 2.05) is 0 Å². The minimum atomic E-state index is 0.652. The molecular weight excluding hydrogens is 184 g/mol. The van der Waals surface area contributed by atoms with E-state index in [0.29, 0.717) is 6.04 Å². The fraction of sp³-hybridized carbons (Fsp3) is 0.538. The molecule has 1 aromatic rings. The Hall–Kier alpha value is -1.02. The number of hydrogen-bond acceptors (Lipinski definition) is 2. The molecule has 1 aromatic carbocycles. The Labute approximate surface area is 92.1 Å². The lowest BCUT2D eigenvalue weighted by molar-refractivity contribution is 0.479. The van der Waals surface area contributed by atoms with Crippen molar-refractivity contribution >= 4 is 5.69 Å². The predicted molar refractivity (Wildman–Crippen MR) is 65.3 cm³/mol. The molecule has 2 rings (SSSR count). The number of benzene rings is 1. The fourth-order valence-electron chi connectivity index (χ4n) is 2.04. The highest BCUT2D eigenvalue weighted by molar-refractivity contribution is 5.45. The highest BCUT2D eigenvalue weighted by Gasteiger charge is 2.11. The van der Waals surface area contributed by atoms with Gasteiger partial charge in [0.25, 0.3) is 0 Å². The number of hydrogen-bond donors (Lipinski definition) is 2. The molecule has 82 valence electrons. The Morgan fingerprint density at radius 1 is 1.20 bits per heavy atom. The van der Waals surface area contributed by atoms with Crippen molar-refractivity contribution in [3.63, 3.8) is 0 Å². The molecule has 0 saturated carbocycles. The van der Waals surface area contributed by atoms with Crippen molar-refractivity contribution in [1.29, 1.82) is 0 Å². The van der Waals surface area contributed by atoms with E-state index in [4.69, 9.17) is 0 Å². The number of anilines is 1. The van der Waals surface area contributed by atoms with Crippen molar-refractivity contribution in [2.45, 2.75) is 32.2 Å². The highest BCUT2D eigenvalue weighted by Crippen LogP contribution is 2.14. The lowest BCUT2D eigenvalue weighted by atomic mass is 10.1. The van der Waals surface area contributed by atoms with E-state index in [0.717, 1.165) is 19.5 Å². The molecule has 0 bridgehead atoms. The number of nitrogens with one attached hydrogen (secondary N) is 2. The lowest BCUT2D eigenvalue weighted by Crippen LogP contribution is -2.35. The zero-order chi connectivity index (χ0) is 10.5. The average molecular weight is 204 g/mol. The molecule has 15 heavy (non-hydrogen) atoms. The third kappa shape index (κ3) is 2.96. The van der Waals surface area contributed by atoms with Gasteiger partial charge >= 0.3 is 0 Å². The van der Waals surface area contributed by atoms with Gasteiger partial charge in [0.15, 0.2) is 0 Å². The van der Waals surface area contributed by atoms with E-state index in [2.05, 4.69) is 41.8 Å². The summed E-state index contributed by atoms with van der Waals surface area (Å²) in [7, 11) is 0. The van der Waals surface area contributed by atoms with E-state index in [-0.39, 0.29) is 0 Å². The molecule has 2 N–H and O–H groups in total. The third-order valence-corrected chi connectivity index (χ3v) is 3.07. The quantitative estimate of drug-likeness (QED) is 0.790. The van der Waals surface area contributed by atoms with Crippen molar-refractivity contribution in [3.8, 4) is 0 Å². The molecule has 0 amide bonds. The van der Waals surface area contributed by atoms with Crippen LogP contribution in [0.4, 0.5) is 5.69 Å². The van der Waals surface area contributed by atoms with Gasteiger partial charge in [-0.1, -0.05) is 19.1 Å². The Balaban J connectivity index is 1.91. The Bertz CT molecular complexity index is 286. The van der Waals surface area contributed by atoms with Gasteiger partial charge in [0, 0.05) is 11.7 Å². The summed E-state index contributed by atoms with van der Waals surface area (Å²) in [5.41, 5.74) is 2.67. The smallest absolute Gasteiger partial charge is 0.0342 e. The van der Waals surface area contributed by atoms with E-state index in [9.17, 15) is 0 Å². The first kappa shape index (κ1) is 10.5. The predicted octanol–water partition coefficient (Wildman–Crippen LogP) is 2.41. The van der Waals surface area contributed by atoms with E-state index < -0.39 is 0 Å². The molecule has 0 atom stereocenters. The second-order valence-electron chi connectivity index (χ2n) is 4.22. The van der Waals surface area contributed by atoms with Crippen LogP contribution in [0.3, 0.4) is 0 Å². The maximum Gasteiger partial charge on any atom is 0.0342 e. The molecule has 0 aliphatic carbocycles. The zero-order valence-corrected chi connectivity index (χ0v) is 9.42. The van der Waals surface area contributed by atoms with Crippen LogP contribution < -0.4 is 10.6 Å². The van der Waals surface area contributed by atoms with E-state index in [1.165, 1.54) is 24.1 Å². The minimum absolute atomic E-state index is 0.652. The summed E-state index contributed by atoms with van der Waals surface area (Å²) in [6, 6.07) is 9.47. The summed E-state index contributed by atoms with van der Waals surface area (Å²) >= 11 is 0. The summed E-state index contributed by atoms with van der Waals surface area (Å²) < 4.78 is 0. The van der Waals surface area contributed by atoms with E-state index >= 15 is 0 Å². The van der Waals surface area contributed by atoms with Crippen molar-refractivity contribution in [1.82, 2.24) is 5.32 Å². The minimum Gasteiger partial charge on any atom is -0.382 e. The molecule has 1 aliphatic rings. The van der Waals surface area contributed by atoms with Gasteiger partial charge in [-0.3, -0.25) is 0 Å². The van der Waals surface area contributed by atoms with Gasteiger partial charge in [0.2, 0.25) is 0 Å². The fourth-order valence-corrected chi connectivity index (χ4v) is 2.04. The third-order valence-electron chi connectivity index (χ3n) is 3.07. The summed E-state index contributed by atoms with van der Waals surface area (Å²) in [5, 5.41) is 6.97. The van der Waals surface area contributed by atoms with Crippen molar-refractivity contribution in [2.24, 2.45) is 0 Å². The maximum atomic E-state index is 3.59. The van der Waals surface area contributed by atoms with Crippen LogP contribution in [0.2, 0.25) is 0 Å². The van der Waals surface area contributed by atoms with Gasteiger partial charge in [0.1, 0.15) is 0 Å². The number of aryl methyl sites for hydroxylation is 1. The Morgan fingerprint density at radius 3 is 2.47 bits per heavy atom. The van der Waals surface area contributed by atoms with Gasteiger partial charge in [-0.05, 0) is 50.0 Å². The van der Waals surface area contributed by atoms with Gasteiger partial charge < -0.3 is 10.6 Å². The first-order chi connectivity index (χ1) is 7.38. The van der Waals surface area contributed by atoms with Crippen molar-refractivity contribution in [2.75, 3.05) is 18.4 Å². The molecule has 0 unspecified atom stereocenters. The highest BCUT2D eigenvalue weighted by atomic mass is 15.0. The SMILES string of the molecule is CCc1ccc(NC2CCNCC2)cc1. The standard InChI is InChI=1S/C13H20N2/c1-2-11-3-5-12(6-4-11)15-13-7-9-14-10-8-13/h3-6,13-15H,2,7-10H2,1H3. The lowest BCUT2D eigenvalue weighted by Gasteiger charge is -2.24. The second-order valence-corrected chi connectivity index (χ2v) is 4.22. The van der Waals surface area contributed by atoms with Crippen LogP contribution in [0.5, 0.6) is 0 Å². The molecule has 2 heteroatoms. The largest absolute Gasteiger partial charge is 0.382 e. The zero-order valence-electron chi connectivity index (χ0n) is 9.42. The maximum absolute atomic E-state index is 3.59. The molecule has 1 heterocycles. The molecule has 2 nitrogen and oxygen atoms in total. The van der Waals surface area contributed by atoms with Gasteiger partial charge in [-0.15, -0.1) is 0 Å². The van der Waals surface area contributed by atoms with Crippen LogP contribution >= 0.6 is 0 Å². The normalized spacial score (nSPS) is 17.7. The second kappa shape index (κ2) is 5.17. The molecular formula is C13H20N2. The first-order valence-corrected chi connectivity index (χ1v) is 5.94. The molecule has 1 saturated heterocycles. The van der Waals surface area contributed by atoms with Gasteiger partial charge in [0.05, 0.1) is 0 Å². The Kier molecular flexibility index (Phi) is 3.62. The summed E-state index contributed by atoms with van der Waals surface area (Å²) in [6.45, 7) is 4.48. The van der Waals surface area contributed by atoms with Crippen LogP contribution in [0, 0.1) is 0 Å². The molecule has 0 radical (unpaired) electrons. The van der Waals surface area contributed by atoms with E-state index in [1.54, 1.807) is 0 Å². The first-order valence-electron chi connectivity index (χ1n) is 5.94. The molecule has 0 aromatic heterocycles. The number of rotatable bonds is 3. The van der Waals surface area contributed by atoms with Crippen LogP contribution in [-0.2, 0) is 6.42 Å². The van der Waals surface area contributed by atoms with Crippen LogP contribution in [0.15, 0.2) is 24.3 Å². The van der Waals surface area contributed by atoms with Crippen LogP contribution in [0.1, 0.15) is 25.3 Å². The molecule has 0 spiro atoms. The summed E-state index contributed by atoms with van der Waals surface area (Å²) in [5.74, 6) is 0. The van der Waals surface area contributed by atoms with Crippen molar-refractivity contribution < 1.29 is 0 Å². The van der Waals surface area contributed by atoms with Crippen molar-refractivity contribution in [3.05, 3.63) is 29.8 Å². The monoisotopic (exact) mass is 204 g/mol. The molecule has 1 aliphatic heterocycles. The summed E-state index contributed by atoms with van der Waals surface area (Å²) in [4.78, 5) is 0. The summed E-state index contributed by atoms with van der Waals surface area (Å²) in [6.07, 6.45) is 3.58. The van der Waals surface area contributed by atoms with Crippen LogP contribution in [-0.4, -0.2) is 19.1 Å². The van der Waals surface area contributed by atoms with Gasteiger partial charge in [-0.25, -0.2) is 0 Å². The topological polar surface area (TPSA) is 24.1 Å². The van der Waals surface area contributed by atoms with Gasteiger partial charge in [-0.2, -0.15) is 0 Å². The van der Waals surface area contributed by atoms with Crippen LogP contribution in [0.25, 0.3) is 0 Å². The average Bonchev–Trinajstić information content (AvgIpc) is 2.31. The molecule has 1 fully saturated rings. The number of piperidine rings is 1. The Morgan fingerprint density at radius 2 is 1.87 bits per heavy atom.